The molecule has 1 aliphatic carbocycles. The zero-order valence-electron chi connectivity index (χ0n) is 12.9. The molecule has 112 valence electrons. The Bertz CT molecular complexity index is 382. The predicted molar refractivity (Wildman–Crippen MR) is 84.9 cm³/mol. The zero-order valence-corrected chi connectivity index (χ0v) is 12.9. The van der Waals surface area contributed by atoms with Crippen molar-refractivity contribution < 1.29 is 5.11 Å². The highest BCUT2D eigenvalue weighted by molar-refractivity contribution is 5.20. The molecular weight excluding hydrogens is 246 g/mol. The quantitative estimate of drug-likeness (QED) is 0.797. The SMILES string of the molecule is CC(C)C(CNCC1(CO)CCCC1)c1ccccc1. The molecule has 1 atom stereocenters. The standard InChI is InChI=1S/C18H29NO/c1-15(2)17(16-8-4-3-5-9-16)12-19-13-18(14-20)10-6-7-11-18/h3-5,8-9,15,17,19-20H,6-7,10-14H2,1-2H3. The third-order valence-corrected chi connectivity index (χ3v) is 4.90. The number of hydrogen-bond acceptors (Lipinski definition) is 2. The Labute approximate surface area is 123 Å². The molecule has 0 amide bonds. The summed E-state index contributed by atoms with van der Waals surface area (Å²) < 4.78 is 0. The summed E-state index contributed by atoms with van der Waals surface area (Å²) in [5.41, 5.74) is 1.57. The second-order valence-corrected chi connectivity index (χ2v) is 6.76. The first kappa shape index (κ1) is 15.5. The minimum absolute atomic E-state index is 0.151. The molecule has 0 radical (unpaired) electrons. The summed E-state index contributed by atoms with van der Waals surface area (Å²) in [6.07, 6.45) is 4.89. The molecule has 0 aliphatic heterocycles. The van der Waals surface area contributed by atoms with Crippen molar-refractivity contribution in [1.82, 2.24) is 5.32 Å². The average molecular weight is 275 g/mol. The minimum atomic E-state index is 0.151. The van der Waals surface area contributed by atoms with Crippen LogP contribution in [0.3, 0.4) is 0 Å². The number of aliphatic hydroxyl groups is 1. The van der Waals surface area contributed by atoms with E-state index in [2.05, 4.69) is 49.5 Å². The normalized spacial score (nSPS) is 19.4. The lowest BCUT2D eigenvalue weighted by Crippen LogP contribution is -2.37. The summed E-state index contributed by atoms with van der Waals surface area (Å²) in [6, 6.07) is 10.8. The van der Waals surface area contributed by atoms with E-state index in [0.717, 1.165) is 13.1 Å². The molecule has 1 fully saturated rings. The van der Waals surface area contributed by atoms with Crippen molar-refractivity contribution in [2.45, 2.75) is 45.4 Å². The van der Waals surface area contributed by atoms with Gasteiger partial charge in [-0.1, -0.05) is 57.0 Å². The Morgan fingerprint density at radius 3 is 2.35 bits per heavy atom. The van der Waals surface area contributed by atoms with Gasteiger partial charge in [-0.2, -0.15) is 0 Å². The first-order chi connectivity index (χ1) is 9.67. The molecule has 1 unspecified atom stereocenters. The van der Waals surface area contributed by atoms with Crippen LogP contribution in [0.15, 0.2) is 30.3 Å². The largest absolute Gasteiger partial charge is 0.396 e. The van der Waals surface area contributed by atoms with Crippen LogP contribution in [0, 0.1) is 11.3 Å². The van der Waals surface area contributed by atoms with Gasteiger partial charge in [-0.15, -0.1) is 0 Å². The van der Waals surface area contributed by atoms with Gasteiger partial charge in [-0.05, 0) is 30.2 Å². The molecule has 1 aromatic carbocycles. The number of benzene rings is 1. The smallest absolute Gasteiger partial charge is 0.0499 e. The molecule has 20 heavy (non-hydrogen) atoms. The Kier molecular flexibility index (Phi) is 5.62. The molecule has 1 aliphatic rings. The molecule has 0 saturated heterocycles. The number of rotatable bonds is 7. The molecule has 0 aromatic heterocycles. The van der Waals surface area contributed by atoms with Crippen LogP contribution >= 0.6 is 0 Å². The highest BCUT2D eigenvalue weighted by Crippen LogP contribution is 2.37. The fraction of sp³-hybridized carbons (Fsp3) is 0.667. The molecule has 2 rings (SSSR count). The average Bonchev–Trinajstić information content (AvgIpc) is 2.93. The van der Waals surface area contributed by atoms with Gasteiger partial charge in [0.05, 0.1) is 0 Å². The lowest BCUT2D eigenvalue weighted by Gasteiger charge is -2.29. The van der Waals surface area contributed by atoms with Crippen molar-refractivity contribution in [3.05, 3.63) is 35.9 Å². The lowest BCUT2D eigenvalue weighted by atomic mass is 9.85. The maximum Gasteiger partial charge on any atom is 0.0499 e. The molecule has 0 bridgehead atoms. The molecule has 2 nitrogen and oxygen atoms in total. The molecule has 2 N–H and O–H groups in total. The predicted octanol–water partition coefficient (Wildman–Crippen LogP) is 3.57. The molecule has 2 heteroatoms. The van der Waals surface area contributed by atoms with Gasteiger partial charge in [-0.3, -0.25) is 0 Å². The van der Waals surface area contributed by atoms with Crippen molar-refractivity contribution in [3.63, 3.8) is 0 Å². The van der Waals surface area contributed by atoms with Crippen molar-refractivity contribution in [2.24, 2.45) is 11.3 Å². The number of hydrogen-bond donors (Lipinski definition) is 2. The summed E-state index contributed by atoms with van der Waals surface area (Å²) in [7, 11) is 0. The fourth-order valence-corrected chi connectivity index (χ4v) is 3.45. The Hall–Kier alpha value is -0.860. The van der Waals surface area contributed by atoms with Crippen LogP contribution in [0.25, 0.3) is 0 Å². The summed E-state index contributed by atoms with van der Waals surface area (Å²) >= 11 is 0. The van der Waals surface area contributed by atoms with Gasteiger partial charge >= 0.3 is 0 Å². The summed E-state index contributed by atoms with van der Waals surface area (Å²) in [5, 5.41) is 13.3. The summed E-state index contributed by atoms with van der Waals surface area (Å²) in [5.74, 6) is 1.17. The fourth-order valence-electron chi connectivity index (χ4n) is 3.45. The second-order valence-electron chi connectivity index (χ2n) is 6.76. The van der Waals surface area contributed by atoms with Crippen molar-refractivity contribution in [1.29, 1.82) is 0 Å². The monoisotopic (exact) mass is 275 g/mol. The van der Waals surface area contributed by atoms with E-state index in [4.69, 9.17) is 0 Å². The minimum Gasteiger partial charge on any atom is -0.396 e. The van der Waals surface area contributed by atoms with Crippen LogP contribution in [0.4, 0.5) is 0 Å². The van der Waals surface area contributed by atoms with Crippen molar-refractivity contribution >= 4 is 0 Å². The van der Waals surface area contributed by atoms with E-state index in [1.165, 1.54) is 31.2 Å². The maximum absolute atomic E-state index is 9.67. The Morgan fingerprint density at radius 2 is 1.80 bits per heavy atom. The molecule has 0 spiro atoms. The maximum atomic E-state index is 9.67. The van der Waals surface area contributed by atoms with E-state index in [9.17, 15) is 5.11 Å². The van der Waals surface area contributed by atoms with Crippen LogP contribution in [0.2, 0.25) is 0 Å². The zero-order chi connectivity index (χ0) is 14.4. The van der Waals surface area contributed by atoms with Crippen LogP contribution in [0.5, 0.6) is 0 Å². The lowest BCUT2D eigenvalue weighted by molar-refractivity contribution is 0.127. The van der Waals surface area contributed by atoms with Crippen molar-refractivity contribution in [3.8, 4) is 0 Å². The highest BCUT2D eigenvalue weighted by Gasteiger charge is 2.32. The topological polar surface area (TPSA) is 32.3 Å². The molecule has 0 heterocycles. The van der Waals surface area contributed by atoms with Gasteiger partial charge < -0.3 is 10.4 Å². The summed E-state index contributed by atoms with van der Waals surface area (Å²) in [6.45, 7) is 6.87. The van der Waals surface area contributed by atoms with E-state index in [-0.39, 0.29) is 5.41 Å². The number of aliphatic hydroxyl groups excluding tert-OH is 1. The van der Waals surface area contributed by atoms with Crippen LogP contribution in [0.1, 0.15) is 51.0 Å². The van der Waals surface area contributed by atoms with Gasteiger partial charge in [0.15, 0.2) is 0 Å². The van der Waals surface area contributed by atoms with E-state index in [1.807, 2.05) is 0 Å². The highest BCUT2D eigenvalue weighted by atomic mass is 16.3. The van der Waals surface area contributed by atoms with Gasteiger partial charge in [-0.25, -0.2) is 0 Å². The Morgan fingerprint density at radius 1 is 1.15 bits per heavy atom. The summed E-state index contributed by atoms with van der Waals surface area (Å²) in [4.78, 5) is 0. The molecular formula is C18H29NO. The van der Waals surface area contributed by atoms with Crippen LogP contribution in [-0.2, 0) is 0 Å². The Balaban J connectivity index is 1.90. The van der Waals surface area contributed by atoms with Crippen molar-refractivity contribution in [2.75, 3.05) is 19.7 Å². The molecule has 1 aromatic rings. The van der Waals surface area contributed by atoms with E-state index in [0.29, 0.717) is 18.4 Å². The first-order valence-electron chi connectivity index (χ1n) is 8.03. The number of nitrogens with one attached hydrogen (secondary N) is 1. The third kappa shape index (κ3) is 3.83. The van der Waals surface area contributed by atoms with Crippen LogP contribution in [-0.4, -0.2) is 24.8 Å². The van der Waals surface area contributed by atoms with Gasteiger partial charge in [0.1, 0.15) is 0 Å². The first-order valence-corrected chi connectivity index (χ1v) is 8.03. The van der Waals surface area contributed by atoms with E-state index in [1.54, 1.807) is 0 Å². The third-order valence-electron chi connectivity index (χ3n) is 4.90. The molecule has 1 saturated carbocycles. The van der Waals surface area contributed by atoms with Gasteiger partial charge in [0, 0.05) is 25.1 Å². The van der Waals surface area contributed by atoms with Crippen LogP contribution < -0.4 is 5.32 Å². The van der Waals surface area contributed by atoms with Gasteiger partial charge in [0.25, 0.3) is 0 Å². The second kappa shape index (κ2) is 7.24. The van der Waals surface area contributed by atoms with E-state index >= 15 is 0 Å². The van der Waals surface area contributed by atoms with Gasteiger partial charge in [0.2, 0.25) is 0 Å². The van der Waals surface area contributed by atoms with E-state index < -0.39 is 0 Å².